The van der Waals surface area contributed by atoms with E-state index in [1.807, 2.05) is 11.8 Å². The predicted octanol–water partition coefficient (Wildman–Crippen LogP) is 5.68. The van der Waals surface area contributed by atoms with Gasteiger partial charge in [-0.3, -0.25) is 9.79 Å². The van der Waals surface area contributed by atoms with Crippen LogP contribution in [0.1, 0.15) is 86.5 Å². The number of carbonyl (C=O) groups excluding carboxylic acids is 1. The number of fused-ring (bicyclic) bond motifs is 4. The average molecular weight is 501 g/mol. The molecule has 2 spiro atoms. The van der Waals surface area contributed by atoms with E-state index in [4.69, 9.17) is 4.99 Å². The fraction of sp³-hybridized carbons (Fsp3) is 0.933. The normalized spacial score (nSPS) is 55.5. The van der Waals surface area contributed by atoms with Crippen LogP contribution in [0.2, 0.25) is 0 Å². The lowest BCUT2D eigenvalue weighted by Gasteiger charge is -2.63. The molecule has 0 bridgehead atoms. The fourth-order valence-electron chi connectivity index (χ4n) is 11.3. The number of ketones is 1. The number of aliphatic imine (C=N–C) groups is 1. The van der Waals surface area contributed by atoms with Gasteiger partial charge in [0.2, 0.25) is 0 Å². The minimum Gasteiger partial charge on any atom is -0.393 e. The summed E-state index contributed by atoms with van der Waals surface area (Å²) in [5, 5.41) is 12.8. The average Bonchev–Trinajstić information content (AvgIpc) is 3.41. The summed E-state index contributed by atoms with van der Waals surface area (Å²) in [4.78, 5) is 22.0. The van der Waals surface area contributed by atoms with Crippen molar-refractivity contribution in [2.45, 2.75) is 105 Å². The van der Waals surface area contributed by atoms with Crippen LogP contribution in [0.4, 0.5) is 0 Å². The zero-order valence-electron chi connectivity index (χ0n) is 23.4. The van der Waals surface area contributed by atoms with Crippen LogP contribution in [-0.2, 0) is 4.79 Å². The lowest BCUT2D eigenvalue weighted by molar-refractivity contribution is -0.168. The van der Waals surface area contributed by atoms with Crippen molar-refractivity contribution in [3.63, 3.8) is 0 Å². The maximum Gasteiger partial charge on any atom is 0.140 e. The molecular formula is C30H48N2O2S. The topological polar surface area (TPSA) is 52.9 Å². The maximum absolute atomic E-state index is 14.5. The van der Waals surface area contributed by atoms with Crippen LogP contribution in [0.25, 0.3) is 0 Å². The Morgan fingerprint density at radius 2 is 1.74 bits per heavy atom. The molecular weight excluding hydrogens is 452 g/mol. The quantitative estimate of drug-likeness (QED) is 0.542. The lowest BCUT2D eigenvalue weighted by Crippen LogP contribution is -2.62. The highest BCUT2D eigenvalue weighted by atomic mass is 32.2. The lowest BCUT2D eigenvalue weighted by atomic mass is 9.41. The Morgan fingerprint density at radius 3 is 2.40 bits per heavy atom. The third-order valence-electron chi connectivity index (χ3n) is 13.3. The molecule has 0 aromatic heterocycles. The van der Waals surface area contributed by atoms with Crippen LogP contribution >= 0.6 is 11.8 Å². The Labute approximate surface area is 217 Å². The number of hydrogen-bond acceptors (Lipinski definition) is 5. The third kappa shape index (κ3) is 2.74. The standard InChI is InChI=1S/C30H48N2O2S/c1-17(2)25-31-22-11-12-29-15-30(29)21(10-9-20(29)26(22,4)16-35-25)27(5)13-19(33)24(18(3)32(7)8)28(27,6)14-23(30)34/h17-22,24,33H,9-16H2,1-8H3/t18-,19+,20-,21-,22-,24-,26-,27-,28+,29+,30-/m0/s1. The summed E-state index contributed by atoms with van der Waals surface area (Å²) in [5.41, 5.74) is 0.198. The van der Waals surface area contributed by atoms with Gasteiger partial charge in [0.25, 0.3) is 0 Å². The van der Waals surface area contributed by atoms with E-state index in [2.05, 4.69) is 60.5 Å². The number of Topliss-reactive ketones (excluding diaryl/α,β-unsaturated/α-hetero) is 1. The number of rotatable bonds is 3. The Hall–Kier alpha value is -0.390. The summed E-state index contributed by atoms with van der Waals surface area (Å²) in [5.74, 6) is 3.46. The first kappa shape index (κ1) is 24.9. The monoisotopic (exact) mass is 500 g/mol. The van der Waals surface area contributed by atoms with Gasteiger partial charge in [-0.05, 0) is 87.6 Å². The zero-order chi connectivity index (χ0) is 25.3. The first-order valence-electron chi connectivity index (χ1n) is 14.4. The molecule has 6 rings (SSSR count). The van der Waals surface area contributed by atoms with E-state index in [9.17, 15) is 9.90 Å². The fourth-order valence-corrected chi connectivity index (χ4v) is 12.7. The highest BCUT2D eigenvalue weighted by molar-refractivity contribution is 8.14. The molecule has 196 valence electrons. The van der Waals surface area contributed by atoms with Crippen molar-refractivity contribution in [2.24, 2.45) is 55.7 Å². The Bertz CT molecular complexity index is 979. The van der Waals surface area contributed by atoms with E-state index >= 15 is 0 Å². The van der Waals surface area contributed by atoms with E-state index in [1.54, 1.807) is 0 Å². The van der Waals surface area contributed by atoms with Crippen LogP contribution in [-0.4, -0.2) is 58.9 Å². The minimum atomic E-state index is -0.315. The molecule has 6 aliphatic rings. The predicted molar refractivity (Wildman–Crippen MR) is 145 cm³/mol. The van der Waals surface area contributed by atoms with E-state index < -0.39 is 0 Å². The summed E-state index contributed by atoms with van der Waals surface area (Å²) < 4.78 is 0. The van der Waals surface area contributed by atoms with Crippen LogP contribution < -0.4 is 0 Å². The smallest absolute Gasteiger partial charge is 0.140 e. The molecule has 5 heteroatoms. The Balaban J connectivity index is 1.38. The second-order valence-corrected chi connectivity index (χ2v) is 15.9. The Kier molecular flexibility index (Phi) is 5.25. The molecule has 0 radical (unpaired) electrons. The second kappa shape index (κ2) is 7.38. The molecule has 0 amide bonds. The molecule has 1 N–H and O–H groups in total. The number of thioether (sulfide) groups is 1. The van der Waals surface area contributed by atoms with Gasteiger partial charge in [-0.1, -0.05) is 34.6 Å². The van der Waals surface area contributed by atoms with Crippen molar-refractivity contribution in [1.82, 2.24) is 4.90 Å². The first-order valence-corrected chi connectivity index (χ1v) is 15.4. The van der Waals surface area contributed by atoms with Crippen LogP contribution in [0.5, 0.6) is 0 Å². The van der Waals surface area contributed by atoms with Gasteiger partial charge in [0.1, 0.15) is 5.78 Å². The van der Waals surface area contributed by atoms with E-state index in [1.165, 1.54) is 23.6 Å². The highest BCUT2D eigenvalue weighted by Gasteiger charge is 2.86. The van der Waals surface area contributed by atoms with Crippen molar-refractivity contribution in [3.05, 3.63) is 0 Å². The summed E-state index contributed by atoms with van der Waals surface area (Å²) >= 11 is 2.00. The van der Waals surface area contributed by atoms with Gasteiger partial charge < -0.3 is 10.0 Å². The third-order valence-corrected chi connectivity index (χ3v) is 14.9. The minimum absolute atomic E-state index is 0.0335. The molecule has 1 heterocycles. The van der Waals surface area contributed by atoms with Gasteiger partial charge >= 0.3 is 0 Å². The first-order chi connectivity index (χ1) is 16.3. The number of hydrogen-bond donors (Lipinski definition) is 1. The van der Waals surface area contributed by atoms with Gasteiger partial charge in [-0.25, -0.2) is 0 Å². The summed E-state index contributed by atoms with van der Waals surface area (Å²) in [6, 6.07) is 0.703. The van der Waals surface area contributed by atoms with Gasteiger partial charge in [-0.2, -0.15) is 0 Å². The molecule has 35 heavy (non-hydrogen) atoms. The molecule has 0 unspecified atom stereocenters. The molecule has 5 aliphatic carbocycles. The van der Waals surface area contributed by atoms with Crippen molar-refractivity contribution in [3.8, 4) is 0 Å². The molecule has 4 nitrogen and oxygen atoms in total. The summed E-state index contributed by atoms with van der Waals surface area (Å²) in [7, 11) is 4.25. The van der Waals surface area contributed by atoms with Gasteiger partial charge in [-0.15, -0.1) is 11.8 Å². The molecule has 0 aromatic carbocycles. The molecule has 0 aromatic rings. The SMILES string of the molecule is CC(C)C1=N[C@H]2CC[C@]34C[C@]35C(=O)C[C@]3(C)[C@@H]([C@H](C)N(C)C)[C@H](O)C[C@@]3(C)[C@@H]5CC[C@H]4[C@]2(C)CS1. The van der Waals surface area contributed by atoms with Crippen molar-refractivity contribution in [1.29, 1.82) is 0 Å². The molecule has 11 atom stereocenters. The summed E-state index contributed by atoms with van der Waals surface area (Å²) in [6.07, 6.45) is 7.09. The molecule has 5 fully saturated rings. The molecule has 1 aliphatic heterocycles. The van der Waals surface area contributed by atoms with Crippen molar-refractivity contribution >= 4 is 22.6 Å². The summed E-state index contributed by atoms with van der Waals surface area (Å²) in [6.45, 7) is 14.2. The number of nitrogens with zero attached hydrogens (tertiary/aromatic N) is 2. The highest BCUT2D eigenvalue weighted by Crippen LogP contribution is 2.88. The largest absolute Gasteiger partial charge is 0.393 e. The van der Waals surface area contributed by atoms with E-state index in [-0.39, 0.29) is 45.1 Å². The zero-order valence-corrected chi connectivity index (χ0v) is 24.2. The van der Waals surface area contributed by atoms with Crippen LogP contribution in [0.15, 0.2) is 4.99 Å². The number of aliphatic hydroxyl groups is 1. The molecule has 5 saturated carbocycles. The number of aliphatic hydroxyl groups excluding tert-OH is 1. The van der Waals surface area contributed by atoms with Crippen molar-refractivity contribution < 1.29 is 9.90 Å². The molecule has 0 saturated heterocycles. The second-order valence-electron chi connectivity index (χ2n) is 14.9. The van der Waals surface area contributed by atoms with Gasteiger partial charge in [0.05, 0.1) is 17.2 Å². The van der Waals surface area contributed by atoms with E-state index in [0.29, 0.717) is 36.0 Å². The van der Waals surface area contributed by atoms with Gasteiger partial charge in [0, 0.05) is 40.9 Å². The van der Waals surface area contributed by atoms with Crippen LogP contribution in [0.3, 0.4) is 0 Å². The van der Waals surface area contributed by atoms with E-state index in [0.717, 1.165) is 25.7 Å². The van der Waals surface area contributed by atoms with Crippen molar-refractivity contribution in [2.75, 3.05) is 19.8 Å². The van der Waals surface area contributed by atoms with Crippen LogP contribution in [0, 0.1) is 50.7 Å². The Morgan fingerprint density at radius 1 is 1.06 bits per heavy atom. The number of carbonyl (C=O) groups is 1. The maximum atomic E-state index is 14.5. The van der Waals surface area contributed by atoms with Gasteiger partial charge in [0.15, 0.2) is 0 Å².